The molecule has 1 saturated carbocycles. The van der Waals surface area contributed by atoms with Crippen molar-refractivity contribution in [2.75, 3.05) is 32.7 Å². The first-order valence-corrected chi connectivity index (χ1v) is 6.05. The van der Waals surface area contributed by atoms with E-state index in [1.807, 2.05) is 0 Å². The summed E-state index contributed by atoms with van der Waals surface area (Å²) in [5.74, 6) is 0.845. The summed E-state index contributed by atoms with van der Waals surface area (Å²) < 4.78 is 0. The van der Waals surface area contributed by atoms with E-state index in [4.69, 9.17) is 5.73 Å². The lowest BCUT2D eigenvalue weighted by molar-refractivity contribution is 0.199. The maximum absolute atomic E-state index is 6.15. The van der Waals surface area contributed by atoms with Gasteiger partial charge in [0.25, 0.3) is 0 Å². The Hall–Kier alpha value is -0.120. The van der Waals surface area contributed by atoms with Gasteiger partial charge in [0.1, 0.15) is 0 Å². The molecule has 1 aliphatic heterocycles. The van der Waals surface area contributed by atoms with Crippen molar-refractivity contribution in [2.45, 2.75) is 31.7 Å². The van der Waals surface area contributed by atoms with Gasteiger partial charge >= 0.3 is 0 Å². The minimum absolute atomic E-state index is 0.471. The summed E-state index contributed by atoms with van der Waals surface area (Å²) >= 11 is 0. The standard InChI is InChI=1S/C11H23N3/c12-11(10-2-1-3-10)4-7-14-8-5-13-6-9-14/h10-11,13H,1-9,12H2. The molecule has 0 aromatic heterocycles. The van der Waals surface area contributed by atoms with Gasteiger partial charge in [-0.1, -0.05) is 6.42 Å². The molecule has 0 aromatic carbocycles. The van der Waals surface area contributed by atoms with E-state index in [2.05, 4.69) is 10.2 Å². The number of nitrogens with one attached hydrogen (secondary N) is 1. The van der Waals surface area contributed by atoms with Crippen LogP contribution < -0.4 is 11.1 Å². The van der Waals surface area contributed by atoms with E-state index in [0.29, 0.717) is 6.04 Å². The molecule has 2 aliphatic rings. The van der Waals surface area contributed by atoms with Crippen molar-refractivity contribution in [3.05, 3.63) is 0 Å². The highest BCUT2D eigenvalue weighted by atomic mass is 15.2. The van der Waals surface area contributed by atoms with Gasteiger partial charge in [-0.15, -0.1) is 0 Å². The molecule has 14 heavy (non-hydrogen) atoms. The normalized spacial score (nSPS) is 27.2. The van der Waals surface area contributed by atoms with Crippen molar-refractivity contribution in [3.63, 3.8) is 0 Å². The van der Waals surface area contributed by atoms with Crippen LogP contribution in [0.2, 0.25) is 0 Å². The van der Waals surface area contributed by atoms with Crippen LogP contribution in [0.5, 0.6) is 0 Å². The number of nitrogens with zero attached hydrogens (tertiary/aromatic N) is 1. The number of hydrogen-bond acceptors (Lipinski definition) is 3. The highest BCUT2D eigenvalue weighted by molar-refractivity contribution is 4.81. The van der Waals surface area contributed by atoms with Crippen LogP contribution in [-0.4, -0.2) is 43.7 Å². The fourth-order valence-electron chi connectivity index (χ4n) is 2.37. The molecule has 0 radical (unpaired) electrons. The van der Waals surface area contributed by atoms with Crippen molar-refractivity contribution >= 4 is 0 Å². The van der Waals surface area contributed by atoms with Crippen LogP contribution in [0.15, 0.2) is 0 Å². The van der Waals surface area contributed by atoms with Crippen LogP contribution in [0.4, 0.5) is 0 Å². The Morgan fingerprint density at radius 3 is 2.57 bits per heavy atom. The van der Waals surface area contributed by atoms with Gasteiger partial charge in [-0.05, 0) is 31.7 Å². The third kappa shape index (κ3) is 2.69. The zero-order chi connectivity index (χ0) is 9.80. The molecule has 0 bridgehead atoms. The number of hydrogen-bond donors (Lipinski definition) is 2. The van der Waals surface area contributed by atoms with Gasteiger partial charge in [0.05, 0.1) is 0 Å². The van der Waals surface area contributed by atoms with E-state index in [9.17, 15) is 0 Å². The van der Waals surface area contributed by atoms with E-state index < -0.39 is 0 Å². The van der Waals surface area contributed by atoms with Crippen molar-refractivity contribution < 1.29 is 0 Å². The lowest BCUT2D eigenvalue weighted by Crippen LogP contribution is -2.45. The zero-order valence-electron chi connectivity index (χ0n) is 9.04. The second kappa shape index (κ2) is 5.10. The van der Waals surface area contributed by atoms with E-state index in [0.717, 1.165) is 19.0 Å². The van der Waals surface area contributed by atoms with Crippen molar-refractivity contribution in [1.29, 1.82) is 0 Å². The molecule has 1 atom stereocenters. The molecular weight excluding hydrogens is 174 g/mol. The lowest BCUT2D eigenvalue weighted by atomic mass is 9.79. The minimum Gasteiger partial charge on any atom is -0.327 e. The average Bonchev–Trinajstić information content (AvgIpc) is 2.14. The second-order valence-corrected chi connectivity index (χ2v) is 4.74. The van der Waals surface area contributed by atoms with Gasteiger partial charge in [-0.2, -0.15) is 0 Å². The van der Waals surface area contributed by atoms with Gasteiger partial charge < -0.3 is 16.0 Å². The molecule has 1 aliphatic carbocycles. The molecule has 1 unspecified atom stereocenters. The third-order valence-corrected chi connectivity index (χ3v) is 3.74. The first kappa shape index (κ1) is 10.4. The summed E-state index contributed by atoms with van der Waals surface area (Å²) in [6.07, 6.45) is 5.36. The Morgan fingerprint density at radius 2 is 2.00 bits per heavy atom. The Kier molecular flexibility index (Phi) is 3.79. The van der Waals surface area contributed by atoms with E-state index >= 15 is 0 Å². The van der Waals surface area contributed by atoms with E-state index in [1.54, 1.807) is 0 Å². The predicted molar refractivity (Wildman–Crippen MR) is 59.2 cm³/mol. The number of rotatable bonds is 4. The van der Waals surface area contributed by atoms with Gasteiger partial charge in [-0.3, -0.25) is 0 Å². The Morgan fingerprint density at radius 1 is 1.29 bits per heavy atom. The smallest absolute Gasteiger partial charge is 0.0107 e. The number of piperazine rings is 1. The maximum atomic E-state index is 6.15. The molecule has 3 nitrogen and oxygen atoms in total. The molecule has 0 amide bonds. The van der Waals surface area contributed by atoms with Crippen molar-refractivity contribution in [3.8, 4) is 0 Å². The van der Waals surface area contributed by atoms with Crippen LogP contribution in [0.3, 0.4) is 0 Å². The number of nitrogens with two attached hydrogens (primary N) is 1. The summed E-state index contributed by atoms with van der Waals surface area (Å²) in [7, 11) is 0. The molecule has 0 aromatic rings. The topological polar surface area (TPSA) is 41.3 Å². The first-order chi connectivity index (χ1) is 6.86. The molecule has 1 heterocycles. The van der Waals surface area contributed by atoms with E-state index in [-0.39, 0.29) is 0 Å². The van der Waals surface area contributed by atoms with Crippen LogP contribution >= 0.6 is 0 Å². The molecular formula is C11H23N3. The molecule has 82 valence electrons. The summed E-state index contributed by atoms with van der Waals surface area (Å²) in [6.45, 7) is 5.92. The Labute approximate surface area is 87.0 Å². The van der Waals surface area contributed by atoms with Crippen LogP contribution in [0.25, 0.3) is 0 Å². The lowest BCUT2D eigenvalue weighted by Gasteiger charge is -2.33. The quantitative estimate of drug-likeness (QED) is 0.686. The molecule has 1 saturated heterocycles. The molecule has 0 spiro atoms. The van der Waals surface area contributed by atoms with Gasteiger partial charge in [0, 0.05) is 32.2 Å². The SMILES string of the molecule is NC(CCN1CCNCC1)C1CCC1. The van der Waals surface area contributed by atoms with Crippen LogP contribution in [-0.2, 0) is 0 Å². The molecule has 2 fully saturated rings. The summed E-state index contributed by atoms with van der Waals surface area (Å²) in [4.78, 5) is 2.54. The van der Waals surface area contributed by atoms with Gasteiger partial charge in [0.2, 0.25) is 0 Å². The molecule has 2 rings (SSSR count). The monoisotopic (exact) mass is 197 g/mol. The first-order valence-electron chi connectivity index (χ1n) is 6.05. The highest BCUT2D eigenvalue weighted by Gasteiger charge is 2.24. The highest BCUT2D eigenvalue weighted by Crippen LogP contribution is 2.29. The second-order valence-electron chi connectivity index (χ2n) is 4.74. The van der Waals surface area contributed by atoms with Crippen molar-refractivity contribution in [1.82, 2.24) is 10.2 Å². The van der Waals surface area contributed by atoms with Crippen molar-refractivity contribution in [2.24, 2.45) is 11.7 Å². The van der Waals surface area contributed by atoms with Gasteiger partial charge in [-0.25, -0.2) is 0 Å². The predicted octanol–water partition coefficient (Wildman–Crippen LogP) is 0.409. The molecule has 3 heteroatoms. The average molecular weight is 197 g/mol. The Balaban J connectivity index is 1.60. The Bertz CT molecular complexity index is 160. The zero-order valence-corrected chi connectivity index (χ0v) is 9.04. The van der Waals surface area contributed by atoms with Crippen LogP contribution in [0, 0.1) is 5.92 Å². The molecule has 3 N–H and O–H groups in total. The summed E-state index contributed by atoms with van der Waals surface area (Å²) in [5, 5.41) is 3.37. The van der Waals surface area contributed by atoms with E-state index in [1.165, 1.54) is 45.3 Å². The third-order valence-electron chi connectivity index (χ3n) is 3.74. The largest absolute Gasteiger partial charge is 0.327 e. The summed E-state index contributed by atoms with van der Waals surface area (Å²) in [5.41, 5.74) is 6.15. The van der Waals surface area contributed by atoms with Gasteiger partial charge in [0.15, 0.2) is 0 Å². The summed E-state index contributed by atoms with van der Waals surface area (Å²) in [6, 6.07) is 0.471. The fraction of sp³-hybridized carbons (Fsp3) is 1.00. The fourth-order valence-corrected chi connectivity index (χ4v) is 2.37. The maximum Gasteiger partial charge on any atom is 0.0107 e. The minimum atomic E-state index is 0.471. The van der Waals surface area contributed by atoms with Crippen LogP contribution in [0.1, 0.15) is 25.7 Å².